The fraction of sp³-hybridized carbons (Fsp3) is 0.500. The number of aromatic nitrogens is 2. The normalized spacial score (nSPS) is 18.6. The molecule has 1 saturated heterocycles. The number of aryl methyl sites for hydroxylation is 1. The lowest BCUT2D eigenvalue weighted by Crippen LogP contribution is -2.37. The second-order valence-corrected chi connectivity index (χ2v) is 5.48. The van der Waals surface area contributed by atoms with E-state index in [9.17, 15) is 4.79 Å². The number of imidazole rings is 1. The number of hydrogen-bond donors (Lipinski definition) is 1. The van der Waals surface area contributed by atoms with Crippen molar-refractivity contribution < 1.29 is 4.79 Å². The van der Waals surface area contributed by atoms with Crippen LogP contribution in [0.15, 0.2) is 24.3 Å². The van der Waals surface area contributed by atoms with E-state index in [1.54, 1.807) is 0 Å². The zero-order chi connectivity index (χ0) is 14.8. The van der Waals surface area contributed by atoms with Gasteiger partial charge in [-0.05, 0) is 38.9 Å². The summed E-state index contributed by atoms with van der Waals surface area (Å²) in [6.45, 7) is 4.23. The van der Waals surface area contributed by atoms with E-state index in [0.29, 0.717) is 6.54 Å². The number of benzene rings is 1. The average molecular weight is 286 g/mol. The van der Waals surface area contributed by atoms with Gasteiger partial charge in [-0.25, -0.2) is 4.98 Å². The van der Waals surface area contributed by atoms with E-state index >= 15 is 0 Å². The summed E-state index contributed by atoms with van der Waals surface area (Å²) in [7, 11) is 1.81. The molecule has 112 valence electrons. The van der Waals surface area contributed by atoms with Gasteiger partial charge in [-0.15, -0.1) is 0 Å². The van der Waals surface area contributed by atoms with E-state index < -0.39 is 0 Å². The second-order valence-electron chi connectivity index (χ2n) is 5.48. The Balaban J connectivity index is 2.00. The first kappa shape index (κ1) is 14.1. The van der Waals surface area contributed by atoms with Crippen LogP contribution in [0.25, 0.3) is 11.0 Å². The van der Waals surface area contributed by atoms with Crippen LogP contribution in [0.5, 0.6) is 0 Å². The van der Waals surface area contributed by atoms with Gasteiger partial charge in [0, 0.05) is 13.1 Å². The summed E-state index contributed by atoms with van der Waals surface area (Å²) in [6, 6.07) is 8.30. The van der Waals surface area contributed by atoms with Crippen LogP contribution in [-0.4, -0.2) is 40.5 Å². The van der Waals surface area contributed by atoms with Crippen LogP contribution in [0.4, 0.5) is 0 Å². The first-order valence-corrected chi connectivity index (χ1v) is 7.65. The van der Waals surface area contributed by atoms with E-state index in [1.165, 1.54) is 0 Å². The monoisotopic (exact) mass is 286 g/mol. The topological polar surface area (TPSA) is 50.2 Å². The van der Waals surface area contributed by atoms with Gasteiger partial charge in [0.15, 0.2) is 0 Å². The third kappa shape index (κ3) is 2.42. The lowest BCUT2D eigenvalue weighted by molar-refractivity contribution is -0.131. The highest BCUT2D eigenvalue weighted by atomic mass is 16.2. The molecule has 1 aliphatic heterocycles. The maximum Gasteiger partial charge on any atom is 0.237 e. The second kappa shape index (κ2) is 5.85. The van der Waals surface area contributed by atoms with Crippen LogP contribution in [0.1, 0.15) is 31.6 Å². The molecule has 0 bridgehead atoms. The molecule has 1 aromatic heterocycles. The Labute approximate surface area is 125 Å². The summed E-state index contributed by atoms with van der Waals surface area (Å²) < 4.78 is 2.24. The van der Waals surface area contributed by atoms with Crippen molar-refractivity contribution in [2.75, 3.05) is 20.1 Å². The third-order valence-corrected chi connectivity index (χ3v) is 4.20. The van der Waals surface area contributed by atoms with E-state index in [-0.39, 0.29) is 11.9 Å². The number of fused-ring (bicyclic) bond motifs is 1. The average Bonchev–Trinajstić information content (AvgIpc) is 3.11. The lowest BCUT2D eigenvalue weighted by Gasteiger charge is -2.24. The van der Waals surface area contributed by atoms with Gasteiger partial charge < -0.3 is 14.8 Å². The summed E-state index contributed by atoms with van der Waals surface area (Å²) in [5.41, 5.74) is 2.17. The summed E-state index contributed by atoms with van der Waals surface area (Å²) >= 11 is 0. The van der Waals surface area contributed by atoms with Crippen molar-refractivity contribution in [2.24, 2.45) is 0 Å². The van der Waals surface area contributed by atoms with Gasteiger partial charge in [-0.1, -0.05) is 12.1 Å². The number of para-hydroxylation sites is 2. The molecule has 1 N–H and O–H groups in total. The molecule has 2 heterocycles. The van der Waals surface area contributed by atoms with E-state index in [4.69, 9.17) is 4.98 Å². The predicted molar refractivity (Wildman–Crippen MR) is 83.0 cm³/mol. The minimum absolute atomic E-state index is 0.109. The van der Waals surface area contributed by atoms with Crippen molar-refractivity contribution in [1.29, 1.82) is 0 Å². The zero-order valence-electron chi connectivity index (χ0n) is 12.7. The molecule has 0 aliphatic carbocycles. The van der Waals surface area contributed by atoms with Crippen molar-refractivity contribution in [1.82, 2.24) is 19.8 Å². The predicted octanol–water partition coefficient (Wildman–Crippen LogP) is 1.94. The number of amides is 1. The fourth-order valence-electron chi connectivity index (χ4n) is 3.27. The van der Waals surface area contributed by atoms with Crippen molar-refractivity contribution in [3.8, 4) is 0 Å². The van der Waals surface area contributed by atoms with Gasteiger partial charge in [0.25, 0.3) is 0 Å². The fourth-order valence-corrected chi connectivity index (χ4v) is 3.27. The van der Waals surface area contributed by atoms with Gasteiger partial charge in [-0.2, -0.15) is 0 Å². The van der Waals surface area contributed by atoms with Gasteiger partial charge in [-0.3, -0.25) is 4.79 Å². The van der Waals surface area contributed by atoms with Crippen molar-refractivity contribution in [3.63, 3.8) is 0 Å². The van der Waals surface area contributed by atoms with Crippen LogP contribution in [0, 0.1) is 0 Å². The van der Waals surface area contributed by atoms with Crippen molar-refractivity contribution in [3.05, 3.63) is 30.1 Å². The highest BCUT2D eigenvalue weighted by molar-refractivity contribution is 5.80. The molecule has 0 radical (unpaired) electrons. The molecular weight excluding hydrogens is 264 g/mol. The number of rotatable bonds is 4. The Hall–Kier alpha value is -1.88. The molecule has 1 aromatic carbocycles. The summed E-state index contributed by atoms with van der Waals surface area (Å²) in [6.07, 6.45) is 2.05. The number of nitrogens with zero attached hydrogens (tertiary/aromatic N) is 3. The Morgan fingerprint density at radius 1 is 1.43 bits per heavy atom. The number of carbonyl (C=O) groups excluding carboxylic acids is 1. The number of likely N-dealkylation sites (tertiary alicyclic amines) is 1. The van der Waals surface area contributed by atoms with E-state index in [1.807, 2.05) is 30.1 Å². The molecular formula is C16H22N4O. The summed E-state index contributed by atoms with van der Waals surface area (Å²) in [5.74, 6) is 1.19. The molecule has 1 aliphatic rings. The molecule has 0 saturated carbocycles. The lowest BCUT2D eigenvalue weighted by atomic mass is 10.2. The quantitative estimate of drug-likeness (QED) is 0.934. The number of likely N-dealkylation sites (N-methyl/N-ethyl adjacent to an activating group) is 1. The molecule has 5 heteroatoms. The zero-order valence-corrected chi connectivity index (χ0v) is 12.7. The highest BCUT2D eigenvalue weighted by Crippen LogP contribution is 2.33. The maximum atomic E-state index is 12.3. The van der Waals surface area contributed by atoms with Crippen LogP contribution >= 0.6 is 0 Å². The van der Waals surface area contributed by atoms with Crippen molar-refractivity contribution in [2.45, 2.75) is 32.4 Å². The largest absolute Gasteiger partial charge is 0.331 e. The molecule has 0 spiro atoms. The third-order valence-electron chi connectivity index (χ3n) is 4.20. The molecule has 1 atom stereocenters. The van der Waals surface area contributed by atoms with Crippen LogP contribution in [-0.2, 0) is 11.3 Å². The number of carbonyl (C=O) groups is 1. The minimum atomic E-state index is 0.109. The van der Waals surface area contributed by atoms with Crippen LogP contribution < -0.4 is 5.32 Å². The highest BCUT2D eigenvalue weighted by Gasteiger charge is 2.32. The Kier molecular flexibility index (Phi) is 3.92. The van der Waals surface area contributed by atoms with Crippen LogP contribution in [0.3, 0.4) is 0 Å². The van der Waals surface area contributed by atoms with Gasteiger partial charge in [0.2, 0.25) is 5.91 Å². The molecule has 1 unspecified atom stereocenters. The molecule has 3 rings (SSSR count). The van der Waals surface area contributed by atoms with E-state index in [2.05, 4.69) is 22.9 Å². The smallest absolute Gasteiger partial charge is 0.237 e. The Bertz CT molecular complexity index is 649. The SMILES string of the molecule is CCn1c(C2CCCN2C(=O)CNC)nc2ccccc21. The molecule has 2 aromatic rings. The van der Waals surface area contributed by atoms with Gasteiger partial charge >= 0.3 is 0 Å². The Morgan fingerprint density at radius 2 is 2.24 bits per heavy atom. The maximum absolute atomic E-state index is 12.3. The van der Waals surface area contributed by atoms with Gasteiger partial charge in [0.1, 0.15) is 5.82 Å². The number of hydrogen-bond acceptors (Lipinski definition) is 3. The van der Waals surface area contributed by atoms with Gasteiger partial charge in [0.05, 0.1) is 23.6 Å². The van der Waals surface area contributed by atoms with E-state index in [0.717, 1.165) is 42.8 Å². The first-order valence-electron chi connectivity index (χ1n) is 7.65. The minimum Gasteiger partial charge on any atom is -0.331 e. The molecule has 5 nitrogen and oxygen atoms in total. The standard InChI is InChI=1S/C16H22N4O/c1-3-19-13-8-5-4-7-12(13)18-16(19)14-9-6-10-20(14)15(21)11-17-2/h4-5,7-8,14,17H,3,6,9-11H2,1-2H3. The molecule has 1 amide bonds. The van der Waals surface area contributed by atoms with Crippen LogP contribution in [0.2, 0.25) is 0 Å². The number of nitrogens with one attached hydrogen (secondary N) is 1. The summed E-state index contributed by atoms with van der Waals surface area (Å²) in [4.78, 5) is 19.1. The first-order chi connectivity index (χ1) is 10.3. The van der Waals surface area contributed by atoms with Crippen molar-refractivity contribution >= 4 is 16.9 Å². The Morgan fingerprint density at radius 3 is 3.00 bits per heavy atom. The molecule has 21 heavy (non-hydrogen) atoms. The summed E-state index contributed by atoms with van der Waals surface area (Å²) in [5, 5.41) is 2.95. The molecule has 1 fully saturated rings.